The van der Waals surface area contributed by atoms with Crippen molar-refractivity contribution in [3.05, 3.63) is 38.7 Å². The van der Waals surface area contributed by atoms with Gasteiger partial charge in [-0.15, -0.1) is 0 Å². The Labute approximate surface area is 103 Å². The molecule has 0 aliphatic heterocycles. The first-order valence-electron chi connectivity index (χ1n) is 5.26. The fourth-order valence-electron chi connectivity index (χ4n) is 1.60. The molecule has 4 nitrogen and oxygen atoms in total. The van der Waals surface area contributed by atoms with E-state index in [1.807, 2.05) is 6.92 Å². The minimum atomic E-state index is -0.712. The van der Waals surface area contributed by atoms with Gasteiger partial charge in [-0.05, 0) is 12.5 Å². The molecule has 0 radical (unpaired) electrons. The molecule has 0 bridgehead atoms. The maximum atomic E-state index is 13.2. The summed E-state index contributed by atoms with van der Waals surface area (Å²) in [4.78, 5) is 10.1. The van der Waals surface area contributed by atoms with Crippen LogP contribution in [0.5, 0.6) is 0 Å². The molecule has 0 fully saturated rings. The van der Waals surface area contributed by atoms with Gasteiger partial charge in [-0.1, -0.05) is 24.9 Å². The van der Waals surface area contributed by atoms with Crippen LogP contribution in [0, 0.1) is 15.9 Å². The van der Waals surface area contributed by atoms with Crippen LogP contribution in [0.3, 0.4) is 0 Å². The largest absolute Gasteiger partial charge is 0.393 e. The summed E-state index contributed by atoms with van der Waals surface area (Å²) in [6.07, 6.45) is 0.615. The van der Waals surface area contributed by atoms with E-state index in [0.29, 0.717) is 6.42 Å². The number of benzene rings is 1. The van der Waals surface area contributed by atoms with Crippen LogP contribution >= 0.6 is 11.6 Å². The van der Waals surface area contributed by atoms with Gasteiger partial charge in [0.05, 0.1) is 16.0 Å². The van der Waals surface area contributed by atoms with Crippen molar-refractivity contribution < 1.29 is 14.4 Å². The number of hydrogen-bond acceptors (Lipinski definition) is 3. The van der Waals surface area contributed by atoms with Gasteiger partial charge in [0.1, 0.15) is 5.82 Å². The normalized spacial score (nSPS) is 12.5. The molecule has 1 aromatic rings. The van der Waals surface area contributed by atoms with E-state index in [-0.39, 0.29) is 22.7 Å². The molecule has 0 saturated heterocycles. The second kappa shape index (κ2) is 5.93. The molecule has 1 rings (SSSR count). The van der Waals surface area contributed by atoms with Crippen molar-refractivity contribution in [2.75, 3.05) is 0 Å². The third kappa shape index (κ3) is 3.64. The molecule has 0 heterocycles. The summed E-state index contributed by atoms with van der Waals surface area (Å²) in [5, 5.41) is 20.1. The number of halogens is 2. The van der Waals surface area contributed by atoms with Crippen molar-refractivity contribution >= 4 is 17.3 Å². The predicted octanol–water partition coefficient (Wildman–Crippen LogP) is 3.09. The second-order valence-corrected chi connectivity index (χ2v) is 4.21. The highest BCUT2D eigenvalue weighted by Gasteiger charge is 2.19. The minimum absolute atomic E-state index is 0.0538. The van der Waals surface area contributed by atoms with Gasteiger partial charge in [0, 0.05) is 18.1 Å². The predicted molar refractivity (Wildman–Crippen MR) is 62.7 cm³/mol. The zero-order chi connectivity index (χ0) is 13.0. The number of nitro benzene ring substituents is 1. The molecule has 94 valence electrons. The van der Waals surface area contributed by atoms with E-state index in [0.717, 1.165) is 18.6 Å². The standard InChI is InChI=1S/C11H13ClFNO3/c1-2-3-8(15)4-7-5-10(13)9(12)6-11(7)14(16)17/h5-6,8,15H,2-4H2,1H3. The zero-order valence-electron chi connectivity index (χ0n) is 9.32. The lowest BCUT2D eigenvalue weighted by molar-refractivity contribution is -0.385. The smallest absolute Gasteiger partial charge is 0.274 e. The van der Waals surface area contributed by atoms with Gasteiger partial charge in [0.25, 0.3) is 5.69 Å². The van der Waals surface area contributed by atoms with Gasteiger partial charge in [-0.25, -0.2) is 4.39 Å². The van der Waals surface area contributed by atoms with Gasteiger partial charge < -0.3 is 5.11 Å². The Morgan fingerprint density at radius 2 is 2.24 bits per heavy atom. The fourth-order valence-corrected chi connectivity index (χ4v) is 1.76. The van der Waals surface area contributed by atoms with Crippen LogP contribution in [0.1, 0.15) is 25.3 Å². The number of hydrogen-bond donors (Lipinski definition) is 1. The van der Waals surface area contributed by atoms with Crippen molar-refractivity contribution in [1.29, 1.82) is 0 Å². The van der Waals surface area contributed by atoms with Gasteiger partial charge in [-0.2, -0.15) is 0 Å². The van der Waals surface area contributed by atoms with Gasteiger partial charge in [0.15, 0.2) is 0 Å². The van der Waals surface area contributed by atoms with Crippen LogP contribution in [0.4, 0.5) is 10.1 Å². The molecule has 0 aromatic heterocycles. The first-order valence-corrected chi connectivity index (χ1v) is 5.63. The van der Waals surface area contributed by atoms with E-state index in [1.54, 1.807) is 0 Å². The molecular formula is C11H13ClFNO3. The second-order valence-electron chi connectivity index (χ2n) is 3.80. The molecule has 17 heavy (non-hydrogen) atoms. The van der Waals surface area contributed by atoms with Crippen molar-refractivity contribution in [1.82, 2.24) is 0 Å². The first kappa shape index (κ1) is 13.9. The van der Waals surface area contributed by atoms with E-state index >= 15 is 0 Å². The third-order valence-electron chi connectivity index (χ3n) is 2.40. The van der Waals surface area contributed by atoms with E-state index in [9.17, 15) is 19.6 Å². The Kier molecular flexibility index (Phi) is 4.84. The van der Waals surface area contributed by atoms with Crippen molar-refractivity contribution in [3.8, 4) is 0 Å². The maximum absolute atomic E-state index is 13.2. The quantitative estimate of drug-likeness (QED) is 0.654. The van der Waals surface area contributed by atoms with E-state index in [2.05, 4.69) is 0 Å². The molecule has 6 heteroatoms. The summed E-state index contributed by atoms with van der Waals surface area (Å²) in [5.41, 5.74) is -0.0931. The Bertz CT molecular complexity index is 425. The molecule has 0 spiro atoms. The van der Waals surface area contributed by atoms with Crippen LogP contribution in [-0.4, -0.2) is 16.1 Å². The number of aliphatic hydroxyl groups is 1. The van der Waals surface area contributed by atoms with Crippen LogP contribution in [0.2, 0.25) is 5.02 Å². The lowest BCUT2D eigenvalue weighted by atomic mass is 10.0. The minimum Gasteiger partial charge on any atom is -0.393 e. The van der Waals surface area contributed by atoms with E-state index in [1.165, 1.54) is 0 Å². The molecular weight excluding hydrogens is 249 g/mol. The fraction of sp³-hybridized carbons (Fsp3) is 0.455. The summed E-state index contributed by atoms with van der Waals surface area (Å²) < 4.78 is 13.2. The monoisotopic (exact) mass is 261 g/mol. The van der Waals surface area contributed by atoms with Crippen LogP contribution < -0.4 is 0 Å². The van der Waals surface area contributed by atoms with E-state index in [4.69, 9.17) is 11.6 Å². The van der Waals surface area contributed by atoms with Gasteiger partial charge >= 0.3 is 0 Å². The van der Waals surface area contributed by atoms with E-state index < -0.39 is 16.8 Å². The molecule has 1 atom stereocenters. The highest BCUT2D eigenvalue weighted by Crippen LogP contribution is 2.27. The van der Waals surface area contributed by atoms with Crippen molar-refractivity contribution in [2.45, 2.75) is 32.3 Å². The third-order valence-corrected chi connectivity index (χ3v) is 2.69. The van der Waals surface area contributed by atoms with Crippen LogP contribution in [-0.2, 0) is 6.42 Å². The Hall–Kier alpha value is -1.20. The number of nitro groups is 1. The summed E-state index contributed by atoms with van der Waals surface area (Å²) >= 11 is 5.49. The summed E-state index contributed by atoms with van der Waals surface area (Å²) in [6.45, 7) is 1.89. The number of rotatable bonds is 5. The maximum Gasteiger partial charge on any atom is 0.274 e. The van der Waals surface area contributed by atoms with Crippen LogP contribution in [0.15, 0.2) is 12.1 Å². The Morgan fingerprint density at radius 1 is 1.59 bits per heavy atom. The topological polar surface area (TPSA) is 63.4 Å². The van der Waals surface area contributed by atoms with Gasteiger partial charge in [0.2, 0.25) is 0 Å². The molecule has 1 N–H and O–H groups in total. The van der Waals surface area contributed by atoms with Crippen LogP contribution in [0.25, 0.3) is 0 Å². The molecule has 0 aliphatic rings. The molecule has 1 aromatic carbocycles. The highest BCUT2D eigenvalue weighted by atomic mass is 35.5. The Balaban J connectivity index is 3.04. The Morgan fingerprint density at radius 3 is 2.76 bits per heavy atom. The average molecular weight is 262 g/mol. The van der Waals surface area contributed by atoms with Crippen molar-refractivity contribution in [2.24, 2.45) is 0 Å². The SMILES string of the molecule is CCCC(O)Cc1cc(F)c(Cl)cc1[N+](=O)[O-]. The molecule has 0 amide bonds. The molecule has 1 unspecified atom stereocenters. The lowest BCUT2D eigenvalue weighted by Gasteiger charge is -2.10. The summed E-state index contributed by atoms with van der Waals surface area (Å²) in [5.74, 6) is -0.712. The van der Waals surface area contributed by atoms with Crippen molar-refractivity contribution in [3.63, 3.8) is 0 Å². The zero-order valence-corrected chi connectivity index (χ0v) is 10.1. The molecule has 0 saturated carbocycles. The number of aliphatic hydroxyl groups excluding tert-OH is 1. The lowest BCUT2D eigenvalue weighted by Crippen LogP contribution is -2.11. The average Bonchev–Trinajstić information content (AvgIpc) is 2.23. The number of nitrogens with zero attached hydrogens (tertiary/aromatic N) is 1. The van der Waals surface area contributed by atoms with Gasteiger partial charge in [-0.3, -0.25) is 10.1 Å². The summed E-state index contributed by atoms with van der Waals surface area (Å²) in [7, 11) is 0. The summed E-state index contributed by atoms with van der Waals surface area (Å²) in [6, 6.07) is 1.99. The highest BCUT2D eigenvalue weighted by molar-refractivity contribution is 6.31. The first-order chi connectivity index (χ1) is 7.95. The molecule has 0 aliphatic carbocycles.